The highest BCUT2D eigenvalue weighted by atomic mass is 16.4. The van der Waals surface area contributed by atoms with E-state index < -0.39 is 7.12 Å². The van der Waals surface area contributed by atoms with E-state index in [0.29, 0.717) is 5.46 Å². The summed E-state index contributed by atoms with van der Waals surface area (Å²) in [5.41, 5.74) is 2.27. The molecular formula is C15H12BNO2. The van der Waals surface area contributed by atoms with Gasteiger partial charge in [-0.15, -0.1) is 0 Å². The summed E-state index contributed by atoms with van der Waals surface area (Å²) in [5, 5.41) is 20.7. The van der Waals surface area contributed by atoms with Gasteiger partial charge in [-0.3, -0.25) is 4.98 Å². The summed E-state index contributed by atoms with van der Waals surface area (Å²) in [6.45, 7) is 0. The van der Waals surface area contributed by atoms with Crippen LogP contribution in [0.15, 0.2) is 60.9 Å². The molecule has 1 aromatic heterocycles. The lowest BCUT2D eigenvalue weighted by Gasteiger charge is -2.06. The van der Waals surface area contributed by atoms with E-state index in [0.717, 1.165) is 16.5 Å². The summed E-state index contributed by atoms with van der Waals surface area (Å²) in [4.78, 5) is 4.04. The lowest BCUT2D eigenvalue weighted by molar-refractivity contribution is 0.425. The van der Waals surface area contributed by atoms with Crippen molar-refractivity contribution in [1.82, 2.24) is 4.98 Å². The summed E-state index contributed by atoms with van der Waals surface area (Å²) < 4.78 is 0. The zero-order valence-electron chi connectivity index (χ0n) is 10.2. The van der Waals surface area contributed by atoms with Gasteiger partial charge < -0.3 is 10.0 Å². The first kappa shape index (κ1) is 11.9. The molecule has 0 radical (unpaired) electrons. The number of pyridine rings is 1. The molecule has 0 aliphatic rings. The van der Waals surface area contributed by atoms with Crippen LogP contribution in [0.5, 0.6) is 0 Å². The van der Waals surface area contributed by atoms with Crippen molar-refractivity contribution in [2.75, 3.05) is 0 Å². The predicted molar refractivity (Wildman–Crippen MR) is 77.0 cm³/mol. The Morgan fingerprint density at radius 3 is 2.37 bits per heavy atom. The van der Waals surface area contributed by atoms with Crippen molar-refractivity contribution in [2.45, 2.75) is 0 Å². The highest BCUT2D eigenvalue weighted by Crippen LogP contribution is 2.23. The van der Waals surface area contributed by atoms with Crippen LogP contribution in [0.1, 0.15) is 0 Å². The Hall–Kier alpha value is -2.17. The molecule has 3 aromatic rings. The third kappa shape index (κ3) is 2.36. The van der Waals surface area contributed by atoms with Gasteiger partial charge in [-0.2, -0.15) is 0 Å². The van der Waals surface area contributed by atoms with Crippen LogP contribution in [-0.4, -0.2) is 22.2 Å². The maximum atomic E-state index is 9.18. The SMILES string of the molecule is OB(O)c1cncc(-c2ccc3ccccc3c2)c1. The second kappa shape index (κ2) is 4.84. The van der Waals surface area contributed by atoms with Crippen molar-refractivity contribution < 1.29 is 10.0 Å². The van der Waals surface area contributed by atoms with Gasteiger partial charge in [0.05, 0.1) is 0 Å². The average Bonchev–Trinajstić information content (AvgIpc) is 2.47. The molecule has 3 nitrogen and oxygen atoms in total. The Balaban J connectivity index is 2.11. The zero-order valence-corrected chi connectivity index (χ0v) is 10.2. The van der Waals surface area contributed by atoms with E-state index >= 15 is 0 Å². The van der Waals surface area contributed by atoms with Crippen LogP contribution in [-0.2, 0) is 0 Å². The largest absolute Gasteiger partial charge is 0.490 e. The summed E-state index contributed by atoms with van der Waals surface area (Å²) in [5.74, 6) is 0. The first-order valence-corrected chi connectivity index (χ1v) is 6.04. The Morgan fingerprint density at radius 1 is 0.789 bits per heavy atom. The molecule has 4 heteroatoms. The smallest absolute Gasteiger partial charge is 0.423 e. The van der Waals surface area contributed by atoms with Crippen LogP contribution in [0.25, 0.3) is 21.9 Å². The van der Waals surface area contributed by atoms with Crippen LogP contribution in [0.4, 0.5) is 0 Å². The van der Waals surface area contributed by atoms with Gasteiger partial charge >= 0.3 is 7.12 Å². The number of fused-ring (bicyclic) bond motifs is 1. The molecule has 0 aliphatic carbocycles. The highest BCUT2D eigenvalue weighted by molar-refractivity contribution is 6.58. The molecule has 1 heterocycles. The van der Waals surface area contributed by atoms with Gasteiger partial charge in [0.1, 0.15) is 0 Å². The molecule has 0 atom stereocenters. The number of benzene rings is 2. The van der Waals surface area contributed by atoms with E-state index in [1.165, 1.54) is 11.6 Å². The molecule has 2 aromatic carbocycles. The standard InChI is InChI=1S/C15H12BNO2/c18-16(19)15-8-14(9-17-10-15)13-6-5-11-3-1-2-4-12(11)7-13/h1-10,18-19H. The first-order valence-electron chi connectivity index (χ1n) is 6.04. The zero-order chi connectivity index (χ0) is 13.2. The molecule has 0 bridgehead atoms. The summed E-state index contributed by atoms with van der Waals surface area (Å²) in [7, 11) is -1.49. The van der Waals surface area contributed by atoms with Crippen molar-refractivity contribution in [3.63, 3.8) is 0 Å². The van der Waals surface area contributed by atoms with Gasteiger partial charge in [-0.05, 0) is 28.0 Å². The minimum absolute atomic E-state index is 0.394. The number of rotatable bonds is 2. The normalized spacial score (nSPS) is 10.6. The quantitative estimate of drug-likeness (QED) is 0.678. The maximum absolute atomic E-state index is 9.18. The molecule has 0 saturated heterocycles. The predicted octanol–water partition coefficient (Wildman–Crippen LogP) is 1.58. The highest BCUT2D eigenvalue weighted by Gasteiger charge is 2.12. The van der Waals surface area contributed by atoms with Gasteiger partial charge in [0.15, 0.2) is 0 Å². The van der Waals surface area contributed by atoms with E-state index in [1.807, 2.05) is 24.3 Å². The Labute approximate surface area is 111 Å². The third-order valence-corrected chi connectivity index (χ3v) is 3.14. The molecule has 19 heavy (non-hydrogen) atoms. The lowest BCUT2D eigenvalue weighted by atomic mass is 9.80. The molecule has 0 spiro atoms. The van der Waals surface area contributed by atoms with Gasteiger partial charge in [0, 0.05) is 17.9 Å². The number of hydrogen-bond acceptors (Lipinski definition) is 3. The van der Waals surface area contributed by atoms with Crippen molar-refractivity contribution in [3.8, 4) is 11.1 Å². The Bertz CT molecular complexity index is 728. The molecule has 3 rings (SSSR count). The van der Waals surface area contributed by atoms with Crippen LogP contribution in [0.3, 0.4) is 0 Å². The average molecular weight is 249 g/mol. The summed E-state index contributed by atoms with van der Waals surface area (Å²) in [6.07, 6.45) is 3.17. The fourth-order valence-corrected chi connectivity index (χ4v) is 2.13. The van der Waals surface area contributed by atoms with E-state index in [-0.39, 0.29) is 0 Å². The van der Waals surface area contributed by atoms with E-state index in [9.17, 15) is 10.0 Å². The van der Waals surface area contributed by atoms with Crippen molar-refractivity contribution in [3.05, 3.63) is 60.9 Å². The van der Waals surface area contributed by atoms with Gasteiger partial charge in [0.25, 0.3) is 0 Å². The van der Waals surface area contributed by atoms with Gasteiger partial charge in [0.2, 0.25) is 0 Å². The summed E-state index contributed by atoms with van der Waals surface area (Å²) in [6, 6.07) is 16.0. The third-order valence-electron chi connectivity index (χ3n) is 3.14. The van der Waals surface area contributed by atoms with Gasteiger partial charge in [-0.25, -0.2) is 0 Å². The molecule has 0 aliphatic heterocycles. The molecular weight excluding hydrogens is 237 g/mol. The fourth-order valence-electron chi connectivity index (χ4n) is 2.13. The van der Waals surface area contributed by atoms with Crippen molar-refractivity contribution >= 4 is 23.4 Å². The second-order valence-electron chi connectivity index (χ2n) is 4.44. The van der Waals surface area contributed by atoms with Gasteiger partial charge in [-0.1, -0.05) is 42.5 Å². The number of hydrogen-bond donors (Lipinski definition) is 2. The molecule has 0 amide bonds. The summed E-state index contributed by atoms with van der Waals surface area (Å²) >= 11 is 0. The van der Waals surface area contributed by atoms with E-state index in [4.69, 9.17) is 0 Å². The Morgan fingerprint density at radius 2 is 1.58 bits per heavy atom. The lowest BCUT2D eigenvalue weighted by Crippen LogP contribution is -2.30. The first-order chi connectivity index (χ1) is 9.24. The minimum atomic E-state index is -1.49. The van der Waals surface area contributed by atoms with Crippen molar-refractivity contribution in [1.29, 1.82) is 0 Å². The topological polar surface area (TPSA) is 53.4 Å². The number of aromatic nitrogens is 1. The molecule has 0 saturated carbocycles. The number of nitrogens with zero attached hydrogens (tertiary/aromatic N) is 1. The second-order valence-corrected chi connectivity index (χ2v) is 4.44. The van der Waals surface area contributed by atoms with E-state index in [1.54, 1.807) is 12.3 Å². The molecule has 0 unspecified atom stereocenters. The molecule has 2 N–H and O–H groups in total. The van der Waals surface area contributed by atoms with E-state index in [2.05, 4.69) is 23.2 Å². The van der Waals surface area contributed by atoms with Crippen LogP contribution >= 0.6 is 0 Å². The van der Waals surface area contributed by atoms with Crippen molar-refractivity contribution in [2.24, 2.45) is 0 Å². The monoisotopic (exact) mass is 249 g/mol. The molecule has 92 valence electrons. The molecule has 0 fully saturated rings. The maximum Gasteiger partial charge on any atom is 0.490 e. The van der Waals surface area contributed by atoms with Crippen LogP contribution in [0.2, 0.25) is 0 Å². The fraction of sp³-hybridized carbons (Fsp3) is 0. The Kier molecular flexibility index (Phi) is 3.03. The minimum Gasteiger partial charge on any atom is -0.423 e. The van der Waals surface area contributed by atoms with Crippen LogP contribution in [0, 0.1) is 0 Å². The van der Waals surface area contributed by atoms with Crippen LogP contribution < -0.4 is 5.46 Å².